The molecular formula is C22H24N4O5. The van der Waals surface area contributed by atoms with Gasteiger partial charge in [-0.15, -0.1) is 0 Å². The summed E-state index contributed by atoms with van der Waals surface area (Å²) in [6, 6.07) is 12.5. The molecule has 0 saturated heterocycles. The van der Waals surface area contributed by atoms with Gasteiger partial charge in [0, 0.05) is 17.0 Å². The van der Waals surface area contributed by atoms with Crippen LogP contribution in [0, 0.1) is 5.92 Å². The van der Waals surface area contributed by atoms with Gasteiger partial charge in [-0.2, -0.15) is 5.10 Å². The SMILES string of the molecule is COc1ccc(-c2n[nH]c(-c3ccc(OCCOC(N)=O)cc3)n2)cc1C(=O)C(C)C. The molecule has 3 rings (SSSR count). The molecule has 0 fully saturated rings. The predicted octanol–water partition coefficient (Wildman–Crippen LogP) is 3.46. The van der Waals surface area contributed by atoms with Crippen molar-refractivity contribution in [1.82, 2.24) is 15.2 Å². The average molecular weight is 424 g/mol. The van der Waals surface area contributed by atoms with E-state index in [0.29, 0.717) is 34.3 Å². The Bertz CT molecular complexity index is 1060. The Balaban J connectivity index is 1.75. The van der Waals surface area contributed by atoms with Crippen LogP contribution in [-0.4, -0.2) is 47.4 Å². The van der Waals surface area contributed by atoms with Crippen molar-refractivity contribution in [3.63, 3.8) is 0 Å². The third kappa shape index (κ3) is 5.39. The van der Waals surface area contributed by atoms with Crippen LogP contribution in [0.25, 0.3) is 22.8 Å². The predicted molar refractivity (Wildman–Crippen MR) is 114 cm³/mol. The fraction of sp³-hybridized carbons (Fsp3) is 0.273. The first-order chi connectivity index (χ1) is 14.9. The van der Waals surface area contributed by atoms with Gasteiger partial charge in [0.15, 0.2) is 17.4 Å². The number of benzene rings is 2. The van der Waals surface area contributed by atoms with Gasteiger partial charge in [0.05, 0.1) is 12.7 Å². The molecule has 3 N–H and O–H groups in total. The van der Waals surface area contributed by atoms with Crippen LogP contribution in [0.1, 0.15) is 24.2 Å². The maximum atomic E-state index is 12.5. The van der Waals surface area contributed by atoms with Crippen LogP contribution in [-0.2, 0) is 4.74 Å². The topological polar surface area (TPSA) is 129 Å². The molecule has 0 unspecified atom stereocenters. The molecule has 2 aromatic carbocycles. The summed E-state index contributed by atoms with van der Waals surface area (Å²) in [7, 11) is 1.54. The lowest BCUT2D eigenvalue weighted by atomic mass is 9.98. The number of primary amides is 1. The molecule has 162 valence electrons. The number of ketones is 1. The number of H-pyrrole nitrogens is 1. The molecule has 0 aliphatic carbocycles. The van der Waals surface area contributed by atoms with Crippen molar-refractivity contribution in [2.45, 2.75) is 13.8 Å². The number of nitrogens with zero attached hydrogens (tertiary/aromatic N) is 2. The van der Waals surface area contributed by atoms with Gasteiger partial charge < -0.3 is 19.9 Å². The molecule has 9 nitrogen and oxygen atoms in total. The van der Waals surface area contributed by atoms with Crippen LogP contribution in [0.3, 0.4) is 0 Å². The summed E-state index contributed by atoms with van der Waals surface area (Å²) < 4.78 is 15.4. The first-order valence-corrected chi connectivity index (χ1v) is 9.69. The Morgan fingerprint density at radius 2 is 1.77 bits per heavy atom. The quantitative estimate of drug-likeness (QED) is 0.397. The number of nitrogens with one attached hydrogen (secondary N) is 1. The number of hydrogen-bond donors (Lipinski definition) is 2. The van der Waals surface area contributed by atoms with Crippen molar-refractivity contribution in [2.24, 2.45) is 11.7 Å². The number of aromatic amines is 1. The summed E-state index contributed by atoms with van der Waals surface area (Å²) in [5, 5.41) is 7.20. The first kappa shape index (κ1) is 21.8. The number of carbonyl (C=O) groups is 2. The second-order valence-electron chi connectivity index (χ2n) is 6.98. The van der Waals surface area contributed by atoms with Crippen molar-refractivity contribution in [1.29, 1.82) is 0 Å². The number of Topliss-reactive ketones (excluding diaryl/α,β-unsaturated/α-hetero) is 1. The summed E-state index contributed by atoms with van der Waals surface area (Å²) in [5.41, 5.74) is 6.92. The third-order valence-corrected chi connectivity index (χ3v) is 4.46. The van der Waals surface area contributed by atoms with E-state index in [4.69, 9.17) is 15.2 Å². The van der Waals surface area contributed by atoms with Crippen molar-refractivity contribution >= 4 is 11.9 Å². The number of ether oxygens (including phenoxy) is 3. The lowest BCUT2D eigenvalue weighted by Crippen LogP contribution is -2.17. The Morgan fingerprint density at radius 1 is 1.06 bits per heavy atom. The van der Waals surface area contributed by atoms with E-state index in [1.54, 1.807) is 24.3 Å². The minimum Gasteiger partial charge on any atom is -0.496 e. The highest BCUT2D eigenvalue weighted by atomic mass is 16.6. The molecule has 1 heterocycles. The van der Waals surface area contributed by atoms with Gasteiger partial charge in [0.2, 0.25) is 0 Å². The molecule has 3 aromatic rings. The van der Waals surface area contributed by atoms with Gasteiger partial charge in [-0.05, 0) is 42.5 Å². The lowest BCUT2D eigenvalue weighted by molar-refractivity contribution is 0.0936. The zero-order valence-corrected chi connectivity index (χ0v) is 17.5. The van der Waals surface area contributed by atoms with E-state index in [0.717, 1.165) is 5.56 Å². The smallest absolute Gasteiger partial charge is 0.404 e. The van der Waals surface area contributed by atoms with Crippen molar-refractivity contribution in [3.8, 4) is 34.3 Å². The number of carbonyl (C=O) groups excluding carboxylic acids is 2. The number of aromatic nitrogens is 3. The van der Waals surface area contributed by atoms with Crippen LogP contribution < -0.4 is 15.2 Å². The second-order valence-corrected chi connectivity index (χ2v) is 6.98. The molecule has 0 saturated carbocycles. The number of nitrogens with two attached hydrogens (primary N) is 1. The molecule has 1 amide bonds. The fourth-order valence-corrected chi connectivity index (χ4v) is 2.88. The zero-order valence-electron chi connectivity index (χ0n) is 17.5. The third-order valence-electron chi connectivity index (χ3n) is 4.46. The molecule has 0 spiro atoms. The van der Waals surface area contributed by atoms with Gasteiger partial charge in [0.1, 0.15) is 24.7 Å². The summed E-state index contributed by atoms with van der Waals surface area (Å²) in [4.78, 5) is 27.6. The van der Waals surface area contributed by atoms with E-state index < -0.39 is 6.09 Å². The summed E-state index contributed by atoms with van der Waals surface area (Å²) in [5.74, 6) is 2.02. The normalized spacial score (nSPS) is 10.7. The maximum Gasteiger partial charge on any atom is 0.404 e. The Kier molecular flexibility index (Phi) is 6.86. The van der Waals surface area contributed by atoms with E-state index in [2.05, 4.69) is 19.9 Å². The van der Waals surface area contributed by atoms with Gasteiger partial charge in [-0.3, -0.25) is 9.89 Å². The molecule has 1 aromatic heterocycles. The molecule has 0 aliphatic heterocycles. The minimum atomic E-state index is -0.836. The Hall–Kier alpha value is -3.88. The minimum absolute atomic E-state index is 0.00808. The van der Waals surface area contributed by atoms with Gasteiger partial charge in [-0.25, -0.2) is 9.78 Å². The number of rotatable bonds is 9. The van der Waals surface area contributed by atoms with Crippen molar-refractivity contribution in [3.05, 3.63) is 48.0 Å². The summed E-state index contributed by atoms with van der Waals surface area (Å²) >= 11 is 0. The van der Waals surface area contributed by atoms with E-state index in [1.807, 2.05) is 32.0 Å². The van der Waals surface area contributed by atoms with Crippen LogP contribution in [0.15, 0.2) is 42.5 Å². The van der Waals surface area contributed by atoms with E-state index in [9.17, 15) is 9.59 Å². The Labute approximate surface area is 179 Å². The molecule has 0 atom stereocenters. The van der Waals surface area contributed by atoms with Gasteiger partial charge >= 0.3 is 6.09 Å². The molecule has 0 radical (unpaired) electrons. The van der Waals surface area contributed by atoms with Crippen LogP contribution in [0.4, 0.5) is 4.79 Å². The lowest BCUT2D eigenvalue weighted by Gasteiger charge is -2.10. The standard InChI is InChI=1S/C22H24N4O5/c1-13(2)19(27)17-12-15(6-9-18(17)29-3)21-24-20(25-26-21)14-4-7-16(8-5-14)30-10-11-31-22(23)28/h4-9,12-13H,10-11H2,1-3H3,(H2,23,28)(H,24,25,26). The maximum absolute atomic E-state index is 12.5. The molecule has 9 heteroatoms. The summed E-state index contributed by atoms with van der Waals surface area (Å²) in [6.45, 7) is 3.96. The largest absolute Gasteiger partial charge is 0.496 e. The van der Waals surface area contributed by atoms with Gasteiger partial charge in [0.25, 0.3) is 0 Å². The van der Waals surface area contributed by atoms with Crippen molar-refractivity contribution < 1.29 is 23.8 Å². The van der Waals surface area contributed by atoms with E-state index >= 15 is 0 Å². The molecular weight excluding hydrogens is 400 g/mol. The molecule has 0 bridgehead atoms. The van der Waals surface area contributed by atoms with Crippen LogP contribution in [0.5, 0.6) is 11.5 Å². The highest BCUT2D eigenvalue weighted by molar-refractivity contribution is 6.00. The highest BCUT2D eigenvalue weighted by Gasteiger charge is 2.18. The number of methoxy groups -OCH3 is 1. The fourth-order valence-electron chi connectivity index (χ4n) is 2.88. The first-order valence-electron chi connectivity index (χ1n) is 9.69. The molecule has 31 heavy (non-hydrogen) atoms. The molecule has 0 aliphatic rings. The van der Waals surface area contributed by atoms with Crippen molar-refractivity contribution in [2.75, 3.05) is 20.3 Å². The highest BCUT2D eigenvalue weighted by Crippen LogP contribution is 2.28. The van der Waals surface area contributed by atoms with Crippen LogP contribution in [0.2, 0.25) is 0 Å². The van der Waals surface area contributed by atoms with Gasteiger partial charge in [-0.1, -0.05) is 13.8 Å². The van der Waals surface area contributed by atoms with E-state index in [-0.39, 0.29) is 24.9 Å². The monoisotopic (exact) mass is 424 g/mol. The average Bonchev–Trinajstić information content (AvgIpc) is 3.26. The number of amides is 1. The zero-order chi connectivity index (χ0) is 22.4. The second kappa shape index (κ2) is 9.75. The van der Waals surface area contributed by atoms with Crippen LogP contribution >= 0.6 is 0 Å². The number of hydrogen-bond acceptors (Lipinski definition) is 7. The Morgan fingerprint density at radius 3 is 2.42 bits per heavy atom. The summed E-state index contributed by atoms with van der Waals surface area (Å²) in [6.07, 6.45) is -0.836. The van der Waals surface area contributed by atoms with E-state index in [1.165, 1.54) is 7.11 Å².